The Kier molecular flexibility index (Phi) is 3.57. The number of rotatable bonds is 3. The van der Waals surface area contributed by atoms with Gasteiger partial charge in [0.05, 0.1) is 11.4 Å². The minimum atomic E-state index is -0.946. The average molecular weight is 259 g/mol. The summed E-state index contributed by atoms with van der Waals surface area (Å²) in [7, 11) is 0. The summed E-state index contributed by atoms with van der Waals surface area (Å²) in [5, 5.41) is 27.9. The zero-order valence-corrected chi connectivity index (χ0v) is 10.7. The van der Waals surface area contributed by atoms with E-state index in [4.69, 9.17) is 16.7 Å². The normalized spacial score (nSPS) is 11.5. The van der Waals surface area contributed by atoms with E-state index < -0.39 is 17.1 Å². The summed E-state index contributed by atoms with van der Waals surface area (Å²) in [4.78, 5) is 10.8. The Balaban J connectivity index is 3.40. The van der Waals surface area contributed by atoms with Crippen molar-refractivity contribution in [3.8, 4) is 11.5 Å². The summed E-state index contributed by atoms with van der Waals surface area (Å²) in [6.45, 7) is 5.17. The van der Waals surface area contributed by atoms with Crippen LogP contribution in [0.15, 0.2) is 6.07 Å². The molecule has 0 aromatic heterocycles. The largest absolute Gasteiger partial charge is 0.504 e. The lowest BCUT2D eigenvalue weighted by molar-refractivity contribution is -0.138. The van der Waals surface area contributed by atoms with Gasteiger partial charge in [0.15, 0.2) is 11.5 Å². The van der Waals surface area contributed by atoms with Crippen molar-refractivity contribution in [2.45, 2.75) is 32.6 Å². The Hall–Kier alpha value is -1.42. The zero-order chi connectivity index (χ0) is 13.4. The lowest BCUT2D eigenvalue weighted by Gasteiger charge is -2.27. The van der Waals surface area contributed by atoms with Gasteiger partial charge in [-0.1, -0.05) is 25.4 Å². The fourth-order valence-corrected chi connectivity index (χ4v) is 2.55. The molecule has 0 unspecified atom stereocenters. The highest BCUT2D eigenvalue weighted by atomic mass is 35.5. The molecular formula is C12H15ClO4. The van der Waals surface area contributed by atoms with Crippen LogP contribution in [0.2, 0.25) is 5.02 Å². The van der Waals surface area contributed by atoms with E-state index in [1.165, 1.54) is 6.07 Å². The highest BCUT2D eigenvalue weighted by Crippen LogP contribution is 2.44. The molecule has 0 fully saturated rings. The van der Waals surface area contributed by atoms with Gasteiger partial charge in [-0.05, 0) is 24.1 Å². The number of benzene rings is 1. The molecule has 0 atom stereocenters. The first kappa shape index (κ1) is 13.6. The van der Waals surface area contributed by atoms with Gasteiger partial charge in [-0.25, -0.2) is 0 Å². The van der Waals surface area contributed by atoms with Gasteiger partial charge in [0.2, 0.25) is 0 Å². The third kappa shape index (κ3) is 2.64. The van der Waals surface area contributed by atoms with E-state index in [1.807, 2.05) is 0 Å². The first-order valence-electron chi connectivity index (χ1n) is 5.10. The van der Waals surface area contributed by atoms with E-state index in [0.717, 1.165) is 0 Å². The number of carboxylic acid groups (broad SMARTS) is 1. The topological polar surface area (TPSA) is 77.8 Å². The Labute approximate surface area is 104 Å². The maximum atomic E-state index is 10.8. The van der Waals surface area contributed by atoms with Gasteiger partial charge >= 0.3 is 5.97 Å². The molecule has 0 aliphatic rings. The molecule has 0 saturated heterocycles. The van der Waals surface area contributed by atoms with Crippen LogP contribution < -0.4 is 0 Å². The SMILES string of the molecule is Cc1cc(O)c(O)c(Cl)c1C(C)(C)CC(=O)O. The van der Waals surface area contributed by atoms with Crippen molar-refractivity contribution in [1.29, 1.82) is 0 Å². The lowest BCUT2D eigenvalue weighted by atomic mass is 9.79. The molecule has 4 nitrogen and oxygen atoms in total. The maximum Gasteiger partial charge on any atom is 0.304 e. The van der Waals surface area contributed by atoms with Gasteiger partial charge in [-0.15, -0.1) is 0 Å². The van der Waals surface area contributed by atoms with Crippen molar-refractivity contribution in [3.05, 3.63) is 22.2 Å². The number of aliphatic carboxylic acids is 1. The average Bonchev–Trinajstić information content (AvgIpc) is 2.11. The summed E-state index contributed by atoms with van der Waals surface area (Å²) in [6, 6.07) is 1.38. The molecule has 1 rings (SSSR count). The fraction of sp³-hybridized carbons (Fsp3) is 0.417. The third-order valence-electron chi connectivity index (χ3n) is 2.69. The van der Waals surface area contributed by atoms with Crippen LogP contribution in [0.5, 0.6) is 11.5 Å². The Morgan fingerprint density at radius 3 is 2.41 bits per heavy atom. The molecule has 3 N–H and O–H groups in total. The van der Waals surface area contributed by atoms with Gasteiger partial charge in [0, 0.05) is 5.41 Å². The number of phenolic OH excluding ortho intramolecular Hbond substituents is 2. The van der Waals surface area contributed by atoms with E-state index in [9.17, 15) is 15.0 Å². The van der Waals surface area contributed by atoms with E-state index in [2.05, 4.69) is 0 Å². The van der Waals surface area contributed by atoms with Crippen molar-refractivity contribution < 1.29 is 20.1 Å². The minimum absolute atomic E-state index is 0.00810. The number of halogens is 1. The highest BCUT2D eigenvalue weighted by Gasteiger charge is 2.30. The van der Waals surface area contributed by atoms with Crippen LogP contribution >= 0.6 is 11.6 Å². The molecule has 0 aliphatic carbocycles. The molecule has 0 spiro atoms. The van der Waals surface area contributed by atoms with Gasteiger partial charge in [0.25, 0.3) is 0 Å². The minimum Gasteiger partial charge on any atom is -0.504 e. The molecule has 1 aromatic rings. The second kappa shape index (κ2) is 4.45. The highest BCUT2D eigenvalue weighted by molar-refractivity contribution is 6.33. The van der Waals surface area contributed by atoms with E-state index >= 15 is 0 Å². The number of aryl methyl sites for hydroxylation is 1. The van der Waals surface area contributed by atoms with Crippen LogP contribution in [0.25, 0.3) is 0 Å². The molecule has 94 valence electrons. The van der Waals surface area contributed by atoms with E-state index in [0.29, 0.717) is 11.1 Å². The first-order chi connectivity index (χ1) is 7.66. The second-order valence-corrected chi connectivity index (χ2v) is 5.08. The monoisotopic (exact) mass is 258 g/mol. The summed E-state index contributed by atoms with van der Waals surface area (Å²) in [6.07, 6.45) is -0.113. The van der Waals surface area contributed by atoms with Gasteiger partial charge in [-0.2, -0.15) is 0 Å². The molecule has 1 aromatic carbocycles. The zero-order valence-electron chi connectivity index (χ0n) is 9.91. The summed E-state index contributed by atoms with van der Waals surface area (Å²) >= 11 is 5.97. The van der Waals surface area contributed by atoms with Crippen LogP contribution in [0, 0.1) is 6.92 Å². The number of phenols is 2. The van der Waals surface area contributed by atoms with Gasteiger partial charge < -0.3 is 15.3 Å². The van der Waals surface area contributed by atoms with Gasteiger partial charge in [-0.3, -0.25) is 4.79 Å². The van der Waals surface area contributed by atoms with Crippen molar-refractivity contribution in [2.24, 2.45) is 0 Å². The second-order valence-electron chi connectivity index (χ2n) is 4.70. The number of aromatic hydroxyl groups is 2. The fourth-order valence-electron chi connectivity index (χ4n) is 2.05. The molecule has 0 saturated carbocycles. The van der Waals surface area contributed by atoms with Crippen LogP contribution in [0.1, 0.15) is 31.4 Å². The molecule has 0 radical (unpaired) electrons. The number of carbonyl (C=O) groups is 1. The molecule has 0 heterocycles. The maximum absolute atomic E-state index is 10.8. The quantitative estimate of drug-likeness (QED) is 0.729. The van der Waals surface area contributed by atoms with Crippen LogP contribution in [0.4, 0.5) is 0 Å². The molecule has 17 heavy (non-hydrogen) atoms. The number of carboxylic acids is 1. The molecule has 0 bridgehead atoms. The Morgan fingerprint density at radius 1 is 1.41 bits per heavy atom. The third-order valence-corrected chi connectivity index (χ3v) is 3.06. The Morgan fingerprint density at radius 2 is 1.94 bits per heavy atom. The van der Waals surface area contributed by atoms with Crippen LogP contribution in [-0.2, 0) is 10.2 Å². The number of hydrogen-bond acceptors (Lipinski definition) is 3. The van der Waals surface area contributed by atoms with Crippen molar-refractivity contribution in [3.63, 3.8) is 0 Å². The standard InChI is InChI=1S/C12H15ClO4/c1-6-4-7(14)11(17)10(13)9(6)12(2,3)5-8(15)16/h4,14,17H,5H2,1-3H3,(H,15,16). The van der Waals surface area contributed by atoms with Gasteiger partial charge in [0.1, 0.15) is 0 Å². The number of hydrogen-bond donors (Lipinski definition) is 3. The summed E-state index contributed by atoms with van der Waals surface area (Å²) in [5.41, 5.74) is 0.464. The molecular weight excluding hydrogens is 244 g/mol. The first-order valence-corrected chi connectivity index (χ1v) is 5.48. The predicted octanol–water partition coefficient (Wildman–Crippen LogP) is 2.81. The molecule has 0 amide bonds. The van der Waals surface area contributed by atoms with Crippen LogP contribution in [-0.4, -0.2) is 21.3 Å². The van der Waals surface area contributed by atoms with Crippen molar-refractivity contribution in [2.75, 3.05) is 0 Å². The molecule has 5 heteroatoms. The molecule has 0 aliphatic heterocycles. The summed E-state index contributed by atoms with van der Waals surface area (Å²) < 4.78 is 0. The summed E-state index contributed by atoms with van der Waals surface area (Å²) in [5.74, 6) is -1.66. The Bertz CT molecular complexity index is 466. The van der Waals surface area contributed by atoms with E-state index in [1.54, 1.807) is 20.8 Å². The van der Waals surface area contributed by atoms with Crippen molar-refractivity contribution >= 4 is 17.6 Å². The predicted molar refractivity (Wildman–Crippen MR) is 64.8 cm³/mol. The smallest absolute Gasteiger partial charge is 0.304 e. The van der Waals surface area contributed by atoms with Crippen molar-refractivity contribution in [1.82, 2.24) is 0 Å². The van der Waals surface area contributed by atoms with E-state index in [-0.39, 0.29) is 17.2 Å². The lowest BCUT2D eigenvalue weighted by Crippen LogP contribution is -2.23. The van der Waals surface area contributed by atoms with Crippen LogP contribution in [0.3, 0.4) is 0 Å².